The highest BCUT2D eigenvalue weighted by atomic mass is 79.9. The lowest BCUT2D eigenvalue weighted by molar-refractivity contribution is 0.175. The molecular formula is C19H8Br2ClF2NOS. The minimum atomic E-state index is -0.646. The summed E-state index contributed by atoms with van der Waals surface area (Å²) in [6.45, 7) is 0. The minimum Gasteiger partial charge on any atom is -0.464 e. The van der Waals surface area contributed by atoms with E-state index in [4.69, 9.17) is 16.3 Å². The molecule has 2 aromatic carbocycles. The zero-order chi connectivity index (χ0) is 18.9. The summed E-state index contributed by atoms with van der Waals surface area (Å²) in [6.07, 6.45) is -0.646. The molecule has 1 aliphatic heterocycles. The first-order chi connectivity index (χ1) is 12.9. The molecule has 1 unspecified atom stereocenters. The van der Waals surface area contributed by atoms with E-state index in [2.05, 4.69) is 31.9 Å². The van der Waals surface area contributed by atoms with E-state index < -0.39 is 17.9 Å². The number of rotatable bonds is 1. The lowest BCUT2D eigenvalue weighted by atomic mass is 10.1. The van der Waals surface area contributed by atoms with E-state index in [-0.39, 0.29) is 17.0 Å². The Balaban J connectivity index is 1.91. The summed E-state index contributed by atoms with van der Waals surface area (Å²) < 4.78 is 40.0. The molecule has 0 N–H and O–H groups in total. The SMILES string of the molecule is Fc1cc(Br)cc2c1-c1c(F)c3cc(Br)ccc3n1C(c1ccc(Cl)s1)O2. The minimum absolute atomic E-state index is 0.113. The maximum absolute atomic E-state index is 15.4. The Morgan fingerprint density at radius 2 is 1.85 bits per heavy atom. The monoisotopic (exact) mass is 529 g/mol. The highest BCUT2D eigenvalue weighted by Crippen LogP contribution is 2.49. The van der Waals surface area contributed by atoms with Gasteiger partial charge < -0.3 is 4.74 Å². The summed E-state index contributed by atoms with van der Waals surface area (Å²) in [7, 11) is 0. The van der Waals surface area contributed by atoms with E-state index in [1.54, 1.807) is 28.8 Å². The smallest absolute Gasteiger partial charge is 0.212 e. The van der Waals surface area contributed by atoms with Gasteiger partial charge in [0.05, 0.1) is 26.0 Å². The van der Waals surface area contributed by atoms with Crippen LogP contribution < -0.4 is 4.74 Å². The first-order valence-electron chi connectivity index (χ1n) is 7.84. The van der Waals surface area contributed by atoms with Gasteiger partial charge in [-0.15, -0.1) is 11.3 Å². The van der Waals surface area contributed by atoms with Crippen LogP contribution in [0.4, 0.5) is 8.78 Å². The Labute approximate surface area is 178 Å². The fourth-order valence-electron chi connectivity index (χ4n) is 3.41. The molecule has 0 amide bonds. The van der Waals surface area contributed by atoms with Gasteiger partial charge in [0.15, 0.2) is 5.82 Å². The van der Waals surface area contributed by atoms with Crippen molar-refractivity contribution in [3.05, 3.63) is 72.3 Å². The lowest BCUT2D eigenvalue weighted by Gasteiger charge is -2.29. The van der Waals surface area contributed by atoms with Crippen molar-refractivity contribution in [1.29, 1.82) is 0 Å². The van der Waals surface area contributed by atoms with E-state index in [1.807, 2.05) is 12.1 Å². The van der Waals surface area contributed by atoms with Crippen LogP contribution in [0, 0.1) is 11.6 Å². The molecule has 27 heavy (non-hydrogen) atoms. The molecule has 2 nitrogen and oxygen atoms in total. The zero-order valence-corrected chi connectivity index (χ0v) is 18.0. The van der Waals surface area contributed by atoms with Crippen molar-refractivity contribution < 1.29 is 13.5 Å². The van der Waals surface area contributed by atoms with E-state index in [0.29, 0.717) is 19.7 Å². The van der Waals surface area contributed by atoms with Crippen LogP contribution in [0.3, 0.4) is 0 Å². The number of hydrogen-bond donors (Lipinski definition) is 0. The Morgan fingerprint density at radius 3 is 2.59 bits per heavy atom. The molecular weight excluding hydrogens is 524 g/mol. The Kier molecular flexibility index (Phi) is 4.13. The van der Waals surface area contributed by atoms with Gasteiger partial charge in [-0.05, 0) is 42.5 Å². The third kappa shape index (κ3) is 2.67. The van der Waals surface area contributed by atoms with E-state index in [0.717, 1.165) is 9.35 Å². The normalized spacial score (nSPS) is 15.5. The zero-order valence-electron chi connectivity index (χ0n) is 13.3. The number of benzene rings is 2. The van der Waals surface area contributed by atoms with Crippen LogP contribution >= 0.6 is 54.8 Å². The fraction of sp³-hybridized carbons (Fsp3) is 0.0526. The molecule has 0 fully saturated rings. The van der Waals surface area contributed by atoms with Gasteiger partial charge >= 0.3 is 0 Å². The van der Waals surface area contributed by atoms with Gasteiger partial charge in [0.25, 0.3) is 0 Å². The first kappa shape index (κ1) is 17.7. The molecule has 0 bridgehead atoms. The highest BCUT2D eigenvalue weighted by molar-refractivity contribution is 9.10. The van der Waals surface area contributed by atoms with Crippen molar-refractivity contribution >= 4 is 65.7 Å². The van der Waals surface area contributed by atoms with Gasteiger partial charge in [0.1, 0.15) is 11.6 Å². The van der Waals surface area contributed by atoms with Crippen molar-refractivity contribution in [3.63, 3.8) is 0 Å². The summed E-state index contributed by atoms with van der Waals surface area (Å²) >= 11 is 14.1. The Morgan fingerprint density at radius 1 is 1.04 bits per heavy atom. The third-order valence-electron chi connectivity index (χ3n) is 4.47. The predicted octanol–water partition coefficient (Wildman–Crippen LogP) is 7.77. The van der Waals surface area contributed by atoms with Crippen LogP contribution in [0.25, 0.3) is 22.2 Å². The molecule has 1 atom stereocenters. The second kappa shape index (κ2) is 6.30. The third-order valence-corrected chi connectivity index (χ3v) is 6.68. The van der Waals surface area contributed by atoms with Gasteiger partial charge in [0.2, 0.25) is 6.23 Å². The molecule has 0 spiro atoms. The summed E-state index contributed by atoms with van der Waals surface area (Å²) in [4.78, 5) is 0.798. The van der Waals surface area contributed by atoms with Gasteiger partial charge in [-0.2, -0.15) is 0 Å². The molecule has 0 aliphatic carbocycles. The lowest BCUT2D eigenvalue weighted by Crippen LogP contribution is -2.22. The molecule has 0 radical (unpaired) electrons. The van der Waals surface area contributed by atoms with Crippen molar-refractivity contribution in [2.24, 2.45) is 0 Å². The molecule has 1 aliphatic rings. The first-order valence-corrected chi connectivity index (χ1v) is 10.6. The summed E-state index contributed by atoms with van der Waals surface area (Å²) in [5.41, 5.74) is 0.902. The number of aromatic nitrogens is 1. The van der Waals surface area contributed by atoms with Gasteiger partial charge in [-0.1, -0.05) is 43.5 Å². The van der Waals surface area contributed by atoms with Crippen LogP contribution in [-0.4, -0.2) is 4.57 Å². The maximum atomic E-state index is 15.4. The molecule has 136 valence electrons. The predicted molar refractivity (Wildman–Crippen MR) is 111 cm³/mol. The Hall–Kier alpha value is -1.41. The number of halogens is 5. The molecule has 0 saturated carbocycles. The molecule has 8 heteroatoms. The van der Waals surface area contributed by atoms with Crippen molar-refractivity contribution in [2.45, 2.75) is 6.23 Å². The topological polar surface area (TPSA) is 14.2 Å². The van der Waals surface area contributed by atoms with Crippen molar-refractivity contribution in [1.82, 2.24) is 4.57 Å². The average Bonchev–Trinajstić information content (AvgIpc) is 3.16. The Bertz CT molecular complexity index is 1240. The second-order valence-corrected chi connectivity index (χ2v) is 9.64. The summed E-state index contributed by atoms with van der Waals surface area (Å²) in [6, 6.07) is 11.9. The van der Waals surface area contributed by atoms with Gasteiger partial charge in [0, 0.05) is 14.3 Å². The van der Waals surface area contributed by atoms with Crippen LogP contribution in [0.15, 0.2) is 51.4 Å². The highest BCUT2D eigenvalue weighted by Gasteiger charge is 2.35. The van der Waals surface area contributed by atoms with E-state index in [9.17, 15) is 4.39 Å². The molecule has 0 saturated heterocycles. The quantitative estimate of drug-likeness (QED) is 0.245. The van der Waals surface area contributed by atoms with Gasteiger partial charge in [-0.25, -0.2) is 8.78 Å². The van der Waals surface area contributed by atoms with Crippen LogP contribution in [0.5, 0.6) is 5.75 Å². The van der Waals surface area contributed by atoms with Crippen LogP contribution in [-0.2, 0) is 0 Å². The van der Waals surface area contributed by atoms with Crippen LogP contribution in [0.2, 0.25) is 4.34 Å². The van der Waals surface area contributed by atoms with Crippen molar-refractivity contribution in [3.8, 4) is 17.0 Å². The second-order valence-electron chi connectivity index (χ2n) is 6.07. The maximum Gasteiger partial charge on any atom is 0.212 e. The van der Waals surface area contributed by atoms with Crippen LogP contribution in [0.1, 0.15) is 11.1 Å². The summed E-state index contributed by atoms with van der Waals surface area (Å²) in [5.74, 6) is -0.751. The molecule has 2 aromatic heterocycles. The number of hydrogen-bond acceptors (Lipinski definition) is 2. The molecule has 4 aromatic rings. The van der Waals surface area contributed by atoms with E-state index >= 15 is 4.39 Å². The average molecular weight is 532 g/mol. The molecule has 5 rings (SSSR count). The van der Waals surface area contributed by atoms with Crippen molar-refractivity contribution in [2.75, 3.05) is 0 Å². The fourth-order valence-corrected chi connectivity index (χ4v) is 5.27. The number of ether oxygens (including phenoxy) is 1. The molecule has 3 heterocycles. The summed E-state index contributed by atoms with van der Waals surface area (Å²) in [5, 5.41) is 0.394. The largest absolute Gasteiger partial charge is 0.464 e. The number of nitrogens with zero attached hydrogens (tertiary/aromatic N) is 1. The number of thiophene rings is 1. The van der Waals surface area contributed by atoms with Gasteiger partial charge in [-0.3, -0.25) is 4.57 Å². The standard InChI is InChI=1S/C19H8Br2ClF2NOS/c20-8-1-2-12-10(5-8)17(24)18-16-11(23)6-9(21)7-13(16)26-19(25(12)18)14-3-4-15(22)27-14/h1-7,19H. The number of fused-ring (bicyclic) bond motifs is 5. The van der Waals surface area contributed by atoms with E-state index in [1.165, 1.54) is 17.4 Å².